The molecule has 0 saturated heterocycles. The summed E-state index contributed by atoms with van der Waals surface area (Å²) in [6, 6.07) is 7.99. The molecule has 1 fully saturated rings. The van der Waals surface area contributed by atoms with E-state index in [4.69, 9.17) is 11.6 Å². The molecule has 1 N–H and O–H groups in total. The fourth-order valence-corrected chi connectivity index (χ4v) is 2.36. The number of rotatable bonds is 5. The van der Waals surface area contributed by atoms with Crippen molar-refractivity contribution in [3.63, 3.8) is 0 Å². The molecular formula is C15H20ClNO. The lowest BCUT2D eigenvalue weighted by molar-refractivity contribution is -0.121. The van der Waals surface area contributed by atoms with Gasteiger partial charge in [-0.1, -0.05) is 37.6 Å². The monoisotopic (exact) mass is 265 g/mol. The molecule has 0 aromatic heterocycles. The zero-order valence-electron chi connectivity index (χ0n) is 11.0. The van der Waals surface area contributed by atoms with E-state index in [-0.39, 0.29) is 11.3 Å². The molecule has 18 heavy (non-hydrogen) atoms. The van der Waals surface area contributed by atoms with Crippen LogP contribution in [0.5, 0.6) is 0 Å². The minimum atomic E-state index is 0.158. The van der Waals surface area contributed by atoms with E-state index < -0.39 is 0 Å². The van der Waals surface area contributed by atoms with Gasteiger partial charge < -0.3 is 5.32 Å². The molecule has 1 aliphatic rings. The Balaban J connectivity index is 1.92. The number of carbonyl (C=O) groups is 1. The molecule has 0 heterocycles. The lowest BCUT2D eigenvalue weighted by Crippen LogP contribution is -2.32. The Morgan fingerprint density at radius 1 is 1.33 bits per heavy atom. The van der Waals surface area contributed by atoms with Gasteiger partial charge >= 0.3 is 0 Å². The molecule has 0 bridgehead atoms. The molecule has 3 heteroatoms. The Morgan fingerprint density at radius 2 is 1.94 bits per heavy atom. The number of amides is 1. The molecule has 98 valence electrons. The van der Waals surface area contributed by atoms with Gasteiger partial charge in [0, 0.05) is 23.4 Å². The summed E-state index contributed by atoms with van der Waals surface area (Å²) in [5, 5.41) is 3.82. The molecule has 1 saturated carbocycles. The van der Waals surface area contributed by atoms with E-state index in [0.29, 0.717) is 12.3 Å². The van der Waals surface area contributed by atoms with E-state index in [9.17, 15) is 4.79 Å². The quantitative estimate of drug-likeness (QED) is 0.867. The highest BCUT2D eigenvalue weighted by atomic mass is 35.5. The highest BCUT2D eigenvalue weighted by Crippen LogP contribution is 2.47. The fraction of sp³-hybridized carbons (Fsp3) is 0.533. The van der Waals surface area contributed by atoms with Crippen molar-refractivity contribution in [2.45, 2.75) is 38.5 Å². The number of hydrogen-bond acceptors (Lipinski definition) is 1. The average molecular weight is 266 g/mol. The second-order valence-corrected chi connectivity index (χ2v) is 6.10. The third kappa shape index (κ3) is 3.26. The summed E-state index contributed by atoms with van der Waals surface area (Å²) in [4.78, 5) is 11.7. The summed E-state index contributed by atoms with van der Waals surface area (Å²) >= 11 is 5.90. The van der Waals surface area contributed by atoms with Crippen LogP contribution in [0, 0.1) is 5.92 Å². The summed E-state index contributed by atoms with van der Waals surface area (Å²) in [7, 11) is 0. The maximum Gasteiger partial charge on any atom is 0.220 e. The third-order valence-corrected chi connectivity index (χ3v) is 3.78. The van der Waals surface area contributed by atoms with Crippen molar-refractivity contribution in [3.8, 4) is 0 Å². The van der Waals surface area contributed by atoms with Crippen molar-refractivity contribution >= 4 is 17.5 Å². The first-order chi connectivity index (χ1) is 8.52. The minimum absolute atomic E-state index is 0.158. The standard InChI is InChI=1S/C15H20ClNO/c1-11(2)9-14(18)17-10-15(7-8-15)12-3-5-13(16)6-4-12/h3-6,11H,7-10H2,1-2H3,(H,17,18). The number of carbonyl (C=O) groups excluding carboxylic acids is 1. The van der Waals surface area contributed by atoms with E-state index in [1.807, 2.05) is 12.1 Å². The second-order valence-electron chi connectivity index (χ2n) is 5.66. The van der Waals surface area contributed by atoms with Crippen LogP contribution in [-0.4, -0.2) is 12.5 Å². The minimum Gasteiger partial charge on any atom is -0.355 e. The van der Waals surface area contributed by atoms with E-state index in [0.717, 1.165) is 24.4 Å². The van der Waals surface area contributed by atoms with Crippen LogP contribution in [-0.2, 0) is 10.2 Å². The van der Waals surface area contributed by atoms with Crippen molar-refractivity contribution in [1.82, 2.24) is 5.32 Å². The molecule has 2 rings (SSSR count). The maximum atomic E-state index is 11.7. The van der Waals surface area contributed by atoms with Gasteiger partial charge in [0.15, 0.2) is 0 Å². The largest absolute Gasteiger partial charge is 0.355 e. The molecule has 0 radical (unpaired) electrons. The van der Waals surface area contributed by atoms with E-state index in [2.05, 4.69) is 31.3 Å². The zero-order chi connectivity index (χ0) is 13.2. The van der Waals surface area contributed by atoms with Gasteiger partial charge in [0.25, 0.3) is 0 Å². The first-order valence-electron chi connectivity index (χ1n) is 6.55. The predicted molar refractivity (Wildman–Crippen MR) is 74.8 cm³/mol. The summed E-state index contributed by atoms with van der Waals surface area (Å²) in [5.41, 5.74) is 1.45. The molecule has 0 spiro atoms. The van der Waals surface area contributed by atoms with Crippen LogP contribution in [0.2, 0.25) is 5.02 Å². The Bertz CT molecular complexity index is 421. The molecule has 1 aromatic carbocycles. The average Bonchev–Trinajstić information content (AvgIpc) is 3.08. The Morgan fingerprint density at radius 3 is 2.44 bits per heavy atom. The lowest BCUT2D eigenvalue weighted by atomic mass is 9.96. The maximum absolute atomic E-state index is 11.7. The lowest BCUT2D eigenvalue weighted by Gasteiger charge is -2.17. The molecule has 1 aliphatic carbocycles. The van der Waals surface area contributed by atoms with Crippen LogP contribution in [0.25, 0.3) is 0 Å². The molecule has 2 nitrogen and oxygen atoms in total. The van der Waals surface area contributed by atoms with Crippen molar-refractivity contribution in [3.05, 3.63) is 34.9 Å². The van der Waals surface area contributed by atoms with Crippen LogP contribution in [0.15, 0.2) is 24.3 Å². The Labute approximate surface area is 114 Å². The Hall–Kier alpha value is -1.02. The number of nitrogens with one attached hydrogen (secondary N) is 1. The predicted octanol–water partition coefficient (Wildman–Crippen LogP) is 3.53. The SMILES string of the molecule is CC(C)CC(=O)NCC1(c2ccc(Cl)cc2)CC1. The number of halogens is 1. The Kier molecular flexibility index (Phi) is 3.96. The zero-order valence-corrected chi connectivity index (χ0v) is 11.8. The van der Waals surface area contributed by atoms with Gasteiger partial charge in [-0.25, -0.2) is 0 Å². The molecule has 1 aromatic rings. The van der Waals surface area contributed by atoms with Gasteiger partial charge in [0.05, 0.1) is 0 Å². The molecule has 1 amide bonds. The summed E-state index contributed by atoms with van der Waals surface area (Å²) in [6.07, 6.45) is 2.91. The van der Waals surface area contributed by atoms with Gasteiger partial charge in [0.2, 0.25) is 5.91 Å². The van der Waals surface area contributed by atoms with Crippen molar-refractivity contribution < 1.29 is 4.79 Å². The van der Waals surface area contributed by atoms with Gasteiger partial charge in [-0.15, -0.1) is 0 Å². The summed E-state index contributed by atoms with van der Waals surface area (Å²) < 4.78 is 0. The van der Waals surface area contributed by atoms with Crippen molar-refractivity contribution in [2.24, 2.45) is 5.92 Å². The second kappa shape index (κ2) is 5.31. The topological polar surface area (TPSA) is 29.1 Å². The third-order valence-electron chi connectivity index (χ3n) is 3.53. The van der Waals surface area contributed by atoms with Gasteiger partial charge in [0.1, 0.15) is 0 Å². The van der Waals surface area contributed by atoms with Crippen LogP contribution in [0.3, 0.4) is 0 Å². The van der Waals surface area contributed by atoms with Crippen LogP contribution in [0.1, 0.15) is 38.7 Å². The molecular weight excluding hydrogens is 246 g/mol. The first-order valence-corrected chi connectivity index (χ1v) is 6.92. The van der Waals surface area contributed by atoms with Crippen LogP contribution in [0.4, 0.5) is 0 Å². The fourth-order valence-electron chi connectivity index (χ4n) is 2.23. The summed E-state index contributed by atoms with van der Waals surface area (Å²) in [5.74, 6) is 0.570. The molecule has 0 atom stereocenters. The highest BCUT2D eigenvalue weighted by molar-refractivity contribution is 6.30. The first kappa shape index (κ1) is 13.4. The number of benzene rings is 1. The van der Waals surface area contributed by atoms with Gasteiger partial charge in [-0.2, -0.15) is 0 Å². The molecule has 0 unspecified atom stereocenters. The van der Waals surface area contributed by atoms with E-state index >= 15 is 0 Å². The van der Waals surface area contributed by atoms with E-state index in [1.165, 1.54) is 5.56 Å². The van der Waals surface area contributed by atoms with E-state index in [1.54, 1.807) is 0 Å². The van der Waals surface area contributed by atoms with Crippen molar-refractivity contribution in [1.29, 1.82) is 0 Å². The summed E-state index contributed by atoms with van der Waals surface area (Å²) in [6.45, 7) is 4.87. The van der Waals surface area contributed by atoms with Gasteiger partial charge in [-0.3, -0.25) is 4.79 Å². The van der Waals surface area contributed by atoms with Crippen LogP contribution < -0.4 is 5.32 Å². The van der Waals surface area contributed by atoms with Gasteiger partial charge in [-0.05, 0) is 36.5 Å². The van der Waals surface area contributed by atoms with Crippen molar-refractivity contribution in [2.75, 3.05) is 6.54 Å². The molecule has 0 aliphatic heterocycles. The smallest absolute Gasteiger partial charge is 0.220 e. The highest BCUT2D eigenvalue weighted by Gasteiger charge is 2.44. The number of hydrogen-bond donors (Lipinski definition) is 1. The van der Waals surface area contributed by atoms with Crippen LogP contribution >= 0.6 is 11.6 Å². The normalized spacial score (nSPS) is 16.7.